The standard InChI is InChI=1S/C13H18BrNO2/c1-17-13(3-2-4-13)7-12(16)6-10-5-11(14)9-15-8-10/h5,8-9,12,16H,2-4,6-7H2,1H3. The van der Waals surface area contributed by atoms with Gasteiger partial charge in [0, 0.05) is 36.8 Å². The Hall–Kier alpha value is -0.450. The zero-order valence-corrected chi connectivity index (χ0v) is 11.6. The first-order valence-electron chi connectivity index (χ1n) is 5.96. The fraction of sp³-hybridized carbons (Fsp3) is 0.615. The van der Waals surface area contributed by atoms with Crippen LogP contribution in [0.15, 0.2) is 22.9 Å². The summed E-state index contributed by atoms with van der Waals surface area (Å²) in [5, 5.41) is 10.1. The van der Waals surface area contributed by atoms with Crippen LogP contribution in [0.4, 0.5) is 0 Å². The molecule has 94 valence electrons. The third kappa shape index (κ3) is 3.27. The summed E-state index contributed by atoms with van der Waals surface area (Å²) >= 11 is 3.38. The van der Waals surface area contributed by atoms with Crippen molar-refractivity contribution < 1.29 is 9.84 Å². The molecule has 1 heterocycles. The maximum absolute atomic E-state index is 10.1. The summed E-state index contributed by atoms with van der Waals surface area (Å²) in [7, 11) is 1.74. The van der Waals surface area contributed by atoms with Crippen LogP contribution in [0.3, 0.4) is 0 Å². The van der Waals surface area contributed by atoms with Crippen molar-refractivity contribution in [3.8, 4) is 0 Å². The molecular formula is C13H18BrNO2. The van der Waals surface area contributed by atoms with Gasteiger partial charge in [0.05, 0.1) is 11.7 Å². The predicted octanol–water partition coefficient (Wildman–Crippen LogP) is 2.71. The van der Waals surface area contributed by atoms with Crippen molar-refractivity contribution >= 4 is 15.9 Å². The van der Waals surface area contributed by atoms with E-state index in [1.165, 1.54) is 6.42 Å². The lowest BCUT2D eigenvalue weighted by atomic mass is 9.75. The largest absolute Gasteiger partial charge is 0.393 e. The third-order valence-corrected chi connectivity index (χ3v) is 3.97. The van der Waals surface area contributed by atoms with Gasteiger partial charge in [-0.2, -0.15) is 0 Å². The van der Waals surface area contributed by atoms with E-state index in [0.717, 1.165) is 29.3 Å². The molecule has 0 aliphatic heterocycles. The van der Waals surface area contributed by atoms with Crippen LogP contribution in [0.25, 0.3) is 0 Å². The quantitative estimate of drug-likeness (QED) is 0.909. The van der Waals surface area contributed by atoms with Crippen molar-refractivity contribution in [3.05, 3.63) is 28.5 Å². The average Bonchev–Trinajstić information content (AvgIpc) is 2.23. The molecule has 0 saturated heterocycles. The molecular weight excluding hydrogens is 282 g/mol. The summed E-state index contributed by atoms with van der Waals surface area (Å²) in [5.74, 6) is 0. The number of aliphatic hydroxyl groups is 1. The molecule has 0 bridgehead atoms. The van der Waals surface area contributed by atoms with Crippen molar-refractivity contribution in [3.63, 3.8) is 0 Å². The SMILES string of the molecule is COC1(CC(O)Cc2cncc(Br)c2)CCC1. The Bertz CT molecular complexity index is 374. The number of methoxy groups -OCH3 is 1. The summed E-state index contributed by atoms with van der Waals surface area (Å²) < 4.78 is 6.47. The zero-order chi connectivity index (χ0) is 12.3. The molecule has 1 aromatic rings. The number of ether oxygens (including phenoxy) is 1. The number of hydrogen-bond acceptors (Lipinski definition) is 3. The van der Waals surface area contributed by atoms with Crippen molar-refractivity contribution in [2.24, 2.45) is 0 Å². The summed E-state index contributed by atoms with van der Waals surface area (Å²) in [6, 6.07) is 2.00. The molecule has 0 aromatic carbocycles. The van der Waals surface area contributed by atoms with Crippen molar-refractivity contribution in [1.82, 2.24) is 4.98 Å². The van der Waals surface area contributed by atoms with Crippen molar-refractivity contribution in [1.29, 1.82) is 0 Å². The first-order chi connectivity index (χ1) is 8.13. The second-order valence-electron chi connectivity index (χ2n) is 4.81. The molecule has 1 aliphatic carbocycles. The van der Waals surface area contributed by atoms with E-state index >= 15 is 0 Å². The summed E-state index contributed by atoms with van der Waals surface area (Å²) in [5.41, 5.74) is 0.983. The maximum Gasteiger partial charge on any atom is 0.0703 e. The van der Waals surface area contributed by atoms with Gasteiger partial charge in [0.25, 0.3) is 0 Å². The van der Waals surface area contributed by atoms with E-state index in [1.807, 2.05) is 6.07 Å². The molecule has 1 saturated carbocycles. The second-order valence-corrected chi connectivity index (χ2v) is 5.73. The summed E-state index contributed by atoms with van der Waals surface area (Å²) in [6.07, 6.45) is 7.89. The maximum atomic E-state index is 10.1. The summed E-state index contributed by atoms with van der Waals surface area (Å²) in [4.78, 5) is 4.10. The summed E-state index contributed by atoms with van der Waals surface area (Å²) in [6.45, 7) is 0. The monoisotopic (exact) mass is 299 g/mol. The molecule has 2 rings (SSSR count). The van der Waals surface area contributed by atoms with Crippen LogP contribution in [0, 0.1) is 0 Å². The molecule has 0 spiro atoms. The van der Waals surface area contributed by atoms with E-state index < -0.39 is 0 Å². The number of hydrogen-bond donors (Lipinski definition) is 1. The van der Waals surface area contributed by atoms with E-state index in [-0.39, 0.29) is 11.7 Å². The van der Waals surface area contributed by atoms with Gasteiger partial charge >= 0.3 is 0 Å². The second kappa shape index (κ2) is 5.46. The molecule has 1 aromatic heterocycles. The van der Waals surface area contributed by atoms with E-state index in [9.17, 15) is 5.11 Å². The molecule has 0 amide bonds. The lowest BCUT2D eigenvalue weighted by molar-refractivity contribution is -0.0989. The highest BCUT2D eigenvalue weighted by Crippen LogP contribution is 2.39. The Morgan fingerprint density at radius 3 is 2.82 bits per heavy atom. The van der Waals surface area contributed by atoms with Gasteiger partial charge in [0.2, 0.25) is 0 Å². The number of aliphatic hydroxyl groups excluding tert-OH is 1. The number of aromatic nitrogens is 1. The smallest absolute Gasteiger partial charge is 0.0703 e. The molecule has 17 heavy (non-hydrogen) atoms. The van der Waals surface area contributed by atoms with E-state index in [1.54, 1.807) is 19.5 Å². The first-order valence-corrected chi connectivity index (χ1v) is 6.75. The van der Waals surface area contributed by atoms with E-state index in [4.69, 9.17) is 4.74 Å². The fourth-order valence-corrected chi connectivity index (χ4v) is 2.82. The molecule has 3 nitrogen and oxygen atoms in total. The van der Waals surface area contributed by atoms with Gasteiger partial charge in [0.15, 0.2) is 0 Å². The lowest BCUT2D eigenvalue weighted by Crippen LogP contribution is -2.42. The Labute approximate surface area is 110 Å². The molecule has 4 heteroatoms. The number of halogens is 1. The molecule has 1 aliphatic rings. The van der Waals surface area contributed by atoms with Gasteiger partial charge in [-0.1, -0.05) is 0 Å². The average molecular weight is 300 g/mol. The Balaban J connectivity index is 1.90. The van der Waals surface area contributed by atoms with Crippen molar-refractivity contribution in [2.75, 3.05) is 7.11 Å². The highest BCUT2D eigenvalue weighted by Gasteiger charge is 2.38. The van der Waals surface area contributed by atoms with Crippen molar-refractivity contribution in [2.45, 2.75) is 43.8 Å². The van der Waals surface area contributed by atoms with Crippen LogP contribution >= 0.6 is 15.9 Å². The molecule has 1 atom stereocenters. The Morgan fingerprint density at radius 2 is 2.29 bits per heavy atom. The number of pyridine rings is 1. The minimum Gasteiger partial charge on any atom is -0.393 e. The van der Waals surface area contributed by atoms with Crippen LogP contribution in [0.1, 0.15) is 31.2 Å². The van der Waals surface area contributed by atoms with E-state index in [0.29, 0.717) is 6.42 Å². The van der Waals surface area contributed by atoms with Gasteiger partial charge < -0.3 is 9.84 Å². The molecule has 1 fully saturated rings. The van der Waals surface area contributed by atoms with Gasteiger partial charge in [-0.25, -0.2) is 0 Å². The number of rotatable bonds is 5. The third-order valence-electron chi connectivity index (χ3n) is 3.54. The topological polar surface area (TPSA) is 42.4 Å². The van der Waals surface area contributed by atoms with Gasteiger partial charge in [-0.15, -0.1) is 0 Å². The molecule has 1 N–H and O–H groups in total. The predicted molar refractivity (Wildman–Crippen MR) is 69.9 cm³/mol. The number of nitrogens with zero attached hydrogens (tertiary/aromatic N) is 1. The van der Waals surface area contributed by atoms with Crippen LogP contribution < -0.4 is 0 Å². The fourth-order valence-electron chi connectivity index (χ4n) is 2.40. The highest BCUT2D eigenvalue weighted by atomic mass is 79.9. The van der Waals surface area contributed by atoms with Crippen LogP contribution in [-0.2, 0) is 11.2 Å². The first kappa shape index (κ1) is 13.0. The molecule has 0 radical (unpaired) electrons. The van der Waals surface area contributed by atoms with Gasteiger partial charge in [0.1, 0.15) is 0 Å². The van der Waals surface area contributed by atoms with Gasteiger partial charge in [-0.3, -0.25) is 4.98 Å². The minimum absolute atomic E-state index is 0.0706. The molecule has 1 unspecified atom stereocenters. The minimum atomic E-state index is -0.355. The Morgan fingerprint density at radius 1 is 1.53 bits per heavy atom. The van der Waals surface area contributed by atoms with Crippen LogP contribution in [0.5, 0.6) is 0 Å². The normalized spacial score (nSPS) is 19.7. The van der Waals surface area contributed by atoms with Crippen LogP contribution in [0.2, 0.25) is 0 Å². The van der Waals surface area contributed by atoms with E-state index in [2.05, 4.69) is 20.9 Å². The zero-order valence-electron chi connectivity index (χ0n) is 10.0. The van der Waals surface area contributed by atoms with Gasteiger partial charge in [-0.05, 0) is 46.8 Å². The lowest BCUT2D eigenvalue weighted by Gasteiger charge is -2.41. The highest BCUT2D eigenvalue weighted by molar-refractivity contribution is 9.10. The van der Waals surface area contributed by atoms with Crippen LogP contribution in [-0.4, -0.2) is 28.9 Å². The Kier molecular flexibility index (Phi) is 4.17.